The molecule has 1 atom stereocenters. The van der Waals surface area contributed by atoms with Crippen LogP contribution in [0.1, 0.15) is 22.9 Å². The fourth-order valence-corrected chi connectivity index (χ4v) is 2.13. The molecule has 0 saturated heterocycles. The van der Waals surface area contributed by atoms with Gasteiger partial charge in [-0.25, -0.2) is 0 Å². The van der Waals surface area contributed by atoms with E-state index in [9.17, 15) is 9.90 Å². The van der Waals surface area contributed by atoms with Crippen LogP contribution in [0.25, 0.3) is 0 Å². The second-order valence-corrected chi connectivity index (χ2v) is 3.94. The van der Waals surface area contributed by atoms with Crippen LogP contribution in [0.2, 0.25) is 0 Å². The number of benzene rings is 1. The van der Waals surface area contributed by atoms with E-state index in [1.54, 1.807) is 0 Å². The molecule has 0 bridgehead atoms. The Hall–Kier alpha value is -2.10. The van der Waals surface area contributed by atoms with Gasteiger partial charge in [-0.3, -0.25) is 4.79 Å². The first-order valence-corrected chi connectivity index (χ1v) is 5.12. The summed E-state index contributed by atoms with van der Waals surface area (Å²) in [5.74, 6) is 0.433. The van der Waals surface area contributed by atoms with E-state index in [1.807, 2.05) is 18.2 Å². The molecule has 80 valence electrons. The van der Waals surface area contributed by atoms with Gasteiger partial charge in [0.1, 0.15) is 5.82 Å². The third-order valence-electron chi connectivity index (χ3n) is 2.93. The van der Waals surface area contributed by atoms with Crippen molar-refractivity contribution in [3.8, 4) is 5.88 Å². The number of rotatable bonds is 1. The summed E-state index contributed by atoms with van der Waals surface area (Å²) in [7, 11) is 0. The van der Waals surface area contributed by atoms with Crippen LogP contribution in [0, 0.1) is 0 Å². The summed E-state index contributed by atoms with van der Waals surface area (Å²) in [5, 5.41) is 9.28. The van der Waals surface area contributed by atoms with Gasteiger partial charge in [0.2, 0.25) is 5.88 Å². The van der Waals surface area contributed by atoms with Crippen molar-refractivity contribution < 1.29 is 5.11 Å². The number of hydrogen-bond donors (Lipinski definition) is 2. The molecule has 0 spiro atoms. The standard InChI is InChI=1S/C12H10N2O2/c15-10-6-11(16)14-12(13-10)9-5-7-3-1-2-4-8(7)9/h1-4,6,9H,5H2,(H2,13,14,15,16). The second-order valence-electron chi connectivity index (χ2n) is 3.94. The van der Waals surface area contributed by atoms with Gasteiger partial charge in [0.15, 0.2) is 0 Å². The van der Waals surface area contributed by atoms with Gasteiger partial charge in [-0.05, 0) is 17.5 Å². The molecule has 4 heteroatoms. The maximum Gasteiger partial charge on any atom is 0.254 e. The van der Waals surface area contributed by atoms with Crippen molar-refractivity contribution in [2.45, 2.75) is 12.3 Å². The highest BCUT2D eigenvalue weighted by Crippen LogP contribution is 2.38. The fourth-order valence-electron chi connectivity index (χ4n) is 2.13. The van der Waals surface area contributed by atoms with Gasteiger partial charge in [-0.1, -0.05) is 24.3 Å². The first kappa shape index (κ1) is 9.15. The number of fused-ring (bicyclic) bond motifs is 1. The number of H-pyrrole nitrogens is 1. The molecule has 0 saturated carbocycles. The lowest BCUT2D eigenvalue weighted by atomic mass is 9.77. The molecule has 1 heterocycles. The minimum absolute atomic E-state index is 0.107. The lowest BCUT2D eigenvalue weighted by Crippen LogP contribution is -2.23. The quantitative estimate of drug-likeness (QED) is 0.748. The van der Waals surface area contributed by atoms with Crippen LogP contribution in [0.15, 0.2) is 35.1 Å². The second kappa shape index (κ2) is 3.20. The Morgan fingerprint density at radius 1 is 1.38 bits per heavy atom. The van der Waals surface area contributed by atoms with E-state index in [1.165, 1.54) is 11.1 Å². The molecular formula is C12H10N2O2. The topological polar surface area (TPSA) is 66.0 Å². The average molecular weight is 214 g/mol. The zero-order valence-electron chi connectivity index (χ0n) is 8.47. The molecule has 0 radical (unpaired) electrons. The van der Waals surface area contributed by atoms with Crippen molar-refractivity contribution in [1.29, 1.82) is 0 Å². The summed E-state index contributed by atoms with van der Waals surface area (Å²) in [4.78, 5) is 17.8. The van der Waals surface area contributed by atoms with Crippen molar-refractivity contribution in [3.63, 3.8) is 0 Å². The minimum Gasteiger partial charge on any atom is -0.493 e. The number of aromatic amines is 1. The van der Waals surface area contributed by atoms with E-state index in [2.05, 4.69) is 16.0 Å². The molecule has 2 N–H and O–H groups in total. The first-order chi connectivity index (χ1) is 7.74. The molecule has 3 rings (SSSR count). The molecule has 1 aromatic carbocycles. The Labute approximate surface area is 91.6 Å². The molecule has 1 unspecified atom stereocenters. The van der Waals surface area contributed by atoms with E-state index in [4.69, 9.17) is 0 Å². The molecule has 0 aliphatic heterocycles. The Morgan fingerprint density at radius 2 is 2.19 bits per heavy atom. The number of aromatic nitrogens is 2. The van der Waals surface area contributed by atoms with Crippen LogP contribution in [0.3, 0.4) is 0 Å². The van der Waals surface area contributed by atoms with Crippen LogP contribution in [0.4, 0.5) is 0 Å². The predicted molar refractivity (Wildman–Crippen MR) is 58.5 cm³/mol. The van der Waals surface area contributed by atoms with Crippen molar-refractivity contribution in [1.82, 2.24) is 9.97 Å². The van der Waals surface area contributed by atoms with Gasteiger partial charge in [0, 0.05) is 5.92 Å². The largest absolute Gasteiger partial charge is 0.493 e. The third-order valence-corrected chi connectivity index (χ3v) is 2.93. The van der Waals surface area contributed by atoms with E-state index in [0.29, 0.717) is 5.82 Å². The predicted octanol–water partition coefficient (Wildman–Crippen LogP) is 1.16. The Morgan fingerprint density at radius 3 is 2.94 bits per heavy atom. The SMILES string of the molecule is O=c1cc(O)nc(C2Cc3ccccc32)[nH]1. The van der Waals surface area contributed by atoms with Gasteiger partial charge in [0.05, 0.1) is 6.07 Å². The average Bonchev–Trinajstić information content (AvgIpc) is 2.18. The van der Waals surface area contributed by atoms with Crippen molar-refractivity contribution >= 4 is 0 Å². The van der Waals surface area contributed by atoms with Gasteiger partial charge < -0.3 is 10.1 Å². The number of aromatic hydroxyl groups is 1. The van der Waals surface area contributed by atoms with Crippen LogP contribution in [-0.2, 0) is 6.42 Å². The lowest BCUT2D eigenvalue weighted by molar-refractivity contribution is 0.444. The normalized spacial score (nSPS) is 17.6. The van der Waals surface area contributed by atoms with Gasteiger partial charge >= 0.3 is 0 Å². The Bertz CT molecular complexity index is 604. The number of nitrogens with one attached hydrogen (secondary N) is 1. The van der Waals surface area contributed by atoms with E-state index in [-0.39, 0.29) is 17.4 Å². The molecule has 1 aliphatic rings. The van der Waals surface area contributed by atoms with Gasteiger partial charge in [-0.15, -0.1) is 0 Å². The summed E-state index contributed by atoms with van der Waals surface area (Å²) in [6, 6.07) is 9.12. The fraction of sp³-hybridized carbons (Fsp3) is 0.167. The molecule has 1 aliphatic carbocycles. The highest BCUT2D eigenvalue weighted by Gasteiger charge is 2.29. The minimum atomic E-state index is -0.313. The number of nitrogens with zero attached hydrogens (tertiary/aromatic N) is 1. The molecule has 0 amide bonds. The van der Waals surface area contributed by atoms with Gasteiger partial charge in [0.25, 0.3) is 5.56 Å². The Balaban J connectivity index is 2.05. The maximum atomic E-state index is 11.2. The summed E-state index contributed by atoms with van der Waals surface area (Å²) >= 11 is 0. The highest BCUT2D eigenvalue weighted by atomic mass is 16.3. The lowest BCUT2D eigenvalue weighted by Gasteiger charge is -2.28. The van der Waals surface area contributed by atoms with E-state index >= 15 is 0 Å². The Kier molecular flexibility index (Phi) is 1.83. The smallest absolute Gasteiger partial charge is 0.254 e. The molecular weight excluding hydrogens is 204 g/mol. The summed E-state index contributed by atoms with van der Waals surface area (Å²) < 4.78 is 0. The molecule has 16 heavy (non-hydrogen) atoms. The van der Waals surface area contributed by atoms with Crippen LogP contribution in [-0.4, -0.2) is 15.1 Å². The monoisotopic (exact) mass is 214 g/mol. The maximum absolute atomic E-state index is 11.2. The van der Waals surface area contributed by atoms with Crippen molar-refractivity contribution in [2.75, 3.05) is 0 Å². The first-order valence-electron chi connectivity index (χ1n) is 5.12. The van der Waals surface area contributed by atoms with Crippen LogP contribution >= 0.6 is 0 Å². The zero-order valence-corrected chi connectivity index (χ0v) is 8.47. The highest BCUT2D eigenvalue weighted by molar-refractivity contribution is 5.44. The van der Waals surface area contributed by atoms with Crippen LogP contribution < -0.4 is 5.56 Å². The summed E-state index contributed by atoms with van der Waals surface area (Å²) in [6.45, 7) is 0. The number of hydrogen-bond acceptors (Lipinski definition) is 3. The third kappa shape index (κ3) is 1.31. The summed E-state index contributed by atoms with van der Waals surface area (Å²) in [5.41, 5.74) is 2.14. The van der Waals surface area contributed by atoms with E-state index in [0.717, 1.165) is 12.5 Å². The van der Waals surface area contributed by atoms with Gasteiger partial charge in [-0.2, -0.15) is 4.98 Å². The van der Waals surface area contributed by atoms with Crippen molar-refractivity contribution in [2.24, 2.45) is 0 Å². The van der Waals surface area contributed by atoms with Crippen LogP contribution in [0.5, 0.6) is 5.88 Å². The zero-order chi connectivity index (χ0) is 11.1. The molecule has 2 aromatic rings. The van der Waals surface area contributed by atoms with Crippen molar-refractivity contribution in [3.05, 3.63) is 57.6 Å². The molecule has 1 aromatic heterocycles. The molecule has 4 nitrogen and oxygen atoms in total. The molecule has 0 fully saturated rings. The summed E-state index contributed by atoms with van der Waals surface area (Å²) in [6.07, 6.45) is 0.864. The van der Waals surface area contributed by atoms with E-state index < -0.39 is 0 Å².